The van der Waals surface area contributed by atoms with Crippen molar-refractivity contribution in [3.05, 3.63) is 58.4 Å². The molecule has 1 unspecified atom stereocenters. The van der Waals surface area contributed by atoms with Gasteiger partial charge in [0.1, 0.15) is 12.4 Å². The fraction of sp³-hybridized carbons (Fsp3) is 0.333. The van der Waals surface area contributed by atoms with Gasteiger partial charge in [-0.05, 0) is 49.2 Å². The van der Waals surface area contributed by atoms with Crippen LogP contribution in [0.5, 0.6) is 0 Å². The lowest BCUT2D eigenvalue weighted by molar-refractivity contribution is -0.883. The zero-order valence-electron chi connectivity index (χ0n) is 16.8. The normalized spacial score (nSPS) is 11.8. The van der Waals surface area contributed by atoms with E-state index < -0.39 is 11.7 Å². The highest BCUT2D eigenvalue weighted by atomic mass is 35.5. The Labute approximate surface area is 175 Å². The number of amides is 2. The zero-order chi connectivity index (χ0) is 21.4. The van der Waals surface area contributed by atoms with Crippen LogP contribution in [-0.4, -0.2) is 45.2 Å². The minimum absolute atomic E-state index is 0.00780. The van der Waals surface area contributed by atoms with E-state index in [-0.39, 0.29) is 24.7 Å². The van der Waals surface area contributed by atoms with Crippen molar-refractivity contribution < 1.29 is 23.6 Å². The van der Waals surface area contributed by atoms with E-state index in [2.05, 4.69) is 10.6 Å². The van der Waals surface area contributed by atoms with E-state index in [1.807, 2.05) is 32.0 Å². The van der Waals surface area contributed by atoms with Crippen molar-refractivity contribution in [1.82, 2.24) is 0 Å². The van der Waals surface area contributed by atoms with Crippen LogP contribution in [0.15, 0.2) is 36.4 Å². The molecule has 0 aliphatic rings. The Balaban J connectivity index is 2.00. The second-order valence-corrected chi connectivity index (χ2v) is 7.25. The van der Waals surface area contributed by atoms with Gasteiger partial charge in [0.15, 0.2) is 13.1 Å². The molecule has 1 atom stereocenters. The molecule has 0 spiro atoms. The fourth-order valence-electron chi connectivity index (χ4n) is 2.81. The number of aryl methyl sites for hydroxylation is 1. The fourth-order valence-corrected chi connectivity index (χ4v) is 2.98. The number of quaternary nitrogens is 1. The molecule has 0 aliphatic carbocycles. The van der Waals surface area contributed by atoms with Gasteiger partial charge in [0.2, 0.25) is 0 Å². The van der Waals surface area contributed by atoms with E-state index in [4.69, 9.17) is 16.3 Å². The van der Waals surface area contributed by atoms with Crippen LogP contribution in [0, 0.1) is 19.7 Å². The predicted octanol–water partition coefficient (Wildman–Crippen LogP) is 2.20. The first-order valence-corrected chi connectivity index (χ1v) is 9.61. The van der Waals surface area contributed by atoms with Crippen molar-refractivity contribution in [2.45, 2.75) is 13.8 Å². The number of methoxy groups -OCH3 is 1. The van der Waals surface area contributed by atoms with Crippen LogP contribution in [0.1, 0.15) is 11.1 Å². The molecule has 0 saturated carbocycles. The topological polar surface area (TPSA) is 71.9 Å². The Morgan fingerprint density at radius 1 is 1.07 bits per heavy atom. The molecule has 6 nitrogen and oxygen atoms in total. The van der Waals surface area contributed by atoms with Crippen molar-refractivity contribution in [2.24, 2.45) is 0 Å². The lowest BCUT2D eigenvalue weighted by Gasteiger charge is -2.19. The SMILES string of the molecule is COCC[NH+](CC(=O)Nc1cc(Cl)ccc1F)CC(=O)Nc1cccc(C)c1C. The number of anilines is 2. The Kier molecular flexibility index (Phi) is 8.57. The second-order valence-electron chi connectivity index (χ2n) is 6.81. The standard InChI is InChI=1S/C21H25ClFN3O3/c1-14-5-4-6-18(15(14)2)24-20(27)12-26(9-10-29-3)13-21(28)25-19-11-16(22)7-8-17(19)23/h4-8,11H,9-10,12-13H2,1-3H3,(H,24,27)(H,25,28)/p+1. The Morgan fingerprint density at radius 2 is 1.72 bits per heavy atom. The second kappa shape index (κ2) is 10.9. The van der Waals surface area contributed by atoms with Gasteiger partial charge in [0, 0.05) is 17.8 Å². The van der Waals surface area contributed by atoms with Gasteiger partial charge < -0.3 is 20.3 Å². The lowest BCUT2D eigenvalue weighted by Crippen LogP contribution is -3.14. The smallest absolute Gasteiger partial charge is 0.279 e. The van der Waals surface area contributed by atoms with Gasteiger partial charge in [0.25, 0.3) is 11.8 Å². The van der Waals surface area contributed by atoms with Gasteiger partial charge in [-0.3, -0.25) is 9.59 Å². The Bertz CT molecular complexity index is 858. The van der Waals surface area contributed by atoms with Crippen molar-refractivity contribution in [2.75, 3.05) is 44.0 Å². The molecule has 8 heteroatoms. The number of hydrogen-bond donors (Lipinski definition) is 3. The summed E-state index contributed by atoms with van der Waals surface area (Å²) in [7, 11) is 1.55. The highest BCUT2D eigenvalue weighted by Gasteiger charge is 2.20. The molecule has 0 saturated heterocycles. The van der Waals surface area contributed by atoms with Gasteiger partial charge in [-0.1, -0.05) is 23.7 Å². The van der Waals surface area contributed by atoms with E-state index in [0.29, 0.717) is 23.1 Å². The highest BCUT2D eigenvalue weighted by Crippen LogP contribution is 2.19. The summed E-state index contributed by atoms with van der Waals surface area (Å²) in [6.07, 6.45) is 0. The van der Waals surface area contributed by atoms with E-state index in [1.165, 1.54) is 18.2 Å². The Hall–Kier alpha value is -2.48. The number of carbonyl (C=O) groups is 2. The molecule has 0 aliphatic heterocycles. The van der Waals surface area contributed by atoms with Gasteiger partial charge in [-0.2, -0.15) is 0 Å². The van der Waals surface area contributed by atoms with E-state index in [9.17, 15) is 14.0 Å². The van der Waals surface area contributed by atoms with E-state index in [1.54, 1.807) is 7.11 Å². The summed E-state index contributed by atoms with van der Waals surface area (Å²) < 4.78 is 18.9. The van der Waals surface area contributed by atoms with Crippen molar-refractivity contribution in [3.8, 4) is 0 Å². The van der Waals surface area contributed by atoms with Crippen molar-refractivity contribution in [1.29, 1.82) is 0 Å². The average Bonchev–Trinajstić information content (AvgIpc) is 2.66. The number of rotatable bonds is 9. The van der Waals surface area contributed by atoms with Crippen molar-refractivity contribution >= 4 is 34.8 Å². The maximum absolute atomic E-state index is 13.8. The first-order chi connectivity index (χ1) is 13.8. The summed E-state index contributed by atoms with van der Waals surface area (Å²) in [5.74, 6) is -1.21. The van der Waals surface area contributed by atoms with Crippen LogP contribution in [0.25, 0.3) is 0 Å². The van der Waals surface area contributed by atoms with E-state index in [0.717, 1.165) is 16.8 Å². The quantitative estimate of drug-likeness (QED) is 0.580. The van der Waals surface area contributed by atoms with Gasteiger partial charge in [-0.25, -0.2) is 4.39 Å². The predicted molar refractivity (Wildman–Crippen MR) is 112 cm³/mol. The summed E-state index contributed by atoms with van der Waals surface area (Å²) in [4.78, 5) is 25.6. The number of benzene rings is 2. The minimum Gasteiger partial charge on any atom is -0.379 e. The summed E-state index contributed by atoms with van der Waals surface area (Å²) in [6.45, 7) is 4.79. The van der Waals surface area contributed by atoms with Crippen LogP contribution in [0.3, 0.4) is 0 Å². The summed E-state index contributed by atoms with van der Waals surface area (Å²) >= 11 is 5.85. The van der Waals surface area contributed by atoms with E-state index >= 15 is 0 Å². The molecular weight excluding hydrogens is 397 g/mol. The first-order valence-electron chi connectivity index (χ1n) is 9.23. The first kappa shape index (κ1) is 22.8. The minimum atomic E-state index is -0.575. The molecule has 0 fully saturated rings. The third-order valence-corrected chi connectivity index (χ3v) is 4.80. The highest BCUT2D eigenvalue weighted by molar-refractivity contribution is 6.30. The molecule has 0 heterocycles. The molecule has 2 aromatic rings. The van der Waals surface area contributed by atoms with Gasteiger partial charge in [0.05, 0.1) is 12.3 Å². The molecular formula is C21H26ClFN3O3+. The number of carbonyl (C=O) groups excluding carboxylic acids is 2. The maximum atomic E-state index is 13.8. The molecule has 29 heavy (non-hydrogen) atoms. The Morgan fingerprint density at radius 3 is 2.38 bits per heavy atom. The summed E-state index contributed by atoms with van der Waals surface area (Å²) in [6, 6.07) is 9.62. The number of hydrogen-bond acceptors (Lipinski definition) is 3. The molecule has 0 radical (unpaired) electrons. The van der Waals surface area contributed by atoms with Crippen LogP contribution in [-0.2, 0) is 14.3 Å². The monoisotopic (exact) mass is 422 g/mol. The molecule has 2 amide bonds. The third kappa shape index (κ3) is 7.12. The van der Waals surface area contributed by atoms with Crippen LogP contribution < -0.4 is 15.5 Å². The molecule has 2 rings (SSSR count). The van der Waals surface area contributed by atoms with Gasteiger partial charge >= 0.3 is 0 Å². The number of nitrogens with one attached hydrogen (secondary N) is 3. The summed E-state index contributed by atoms with van der Waals surface area (Å²) in [5.41, 5.74) is 2.82. The van der Waals surface area contributed by atoms with Gasteiger partial charge in [-0.15, -0.1) is 0 Å². The number of ether oxygens (including phenoxy) is 1. The lowest BCUT2D eigenvalue weighted by atomic mass is 10.1. The molecule has 0 aromatic heterocycles. The molecule has 156 valence electrons. The molecule has 3 N–H and O–H groups in total. The average molecular weight is 423 g/mol. The van der Waals surface area contributed by atoms with Crippen LogP contribution >= 0.6 is 11.6 Å². The number of halogens is 2. The van der Waals surface area contributed by atoms with Crippen LogP contribution in [0.4, 0.5) is 15.8 Å². The third-order valence-electron chi connectivity index (χ3n) is 4.56. The maximum Gasteiger partial charge on any atom is 0.279 e. The largest absolute Gasteiger partial charge is 0.379 e. The zero-order valence-corrected chi connectivity index (χ0v) is 17.5. The molecule has 2 aromatic carbocycles. The van der Waals surface area contributed by atoms with Crippen LogP contribution in [0.2, 0.25) is 5.02 Å². The van der Waals surface area contributed by atoms with Crippen molar-refractivity contribution in [3.63, 3.8) is 0 Å². The molecule has 0 bridgehead atoms. The summed E-state index contributed by atoms with van der Waals surface area (Å²) in [5, 5.41) is 5.71.